The summed E-state index contributed by atoms with van der Waals surface area (Å²) in [5, 5.41) is 11.9. The van der Waals surface area contributed by atoms with E-state index < -0.39 is 0 Å². The molecule has 0 bridgehead atoms. The molecule has 2 rings (SSSR count). The molecule has 1 amide bonds. The number of benzene rings is 2. The SMILES string of the molecule is Cc1cc(Cl)ccc1C(=O)Nc1cccc(OCC#N)c1. The van der Waals surface area contributed by atoms with E-state index in [0.29, 0.717) is 22.0 Å². The van der Waals surface area contributed by atoms with Crippen LogP contribution in [0.5, 0.6) is 5.75 Å². The van der Waals surface area contributed by atoms with Crippen LogP contribution in [0.15, 0.2) is 42.5 Å². The monoisotopic (exact) mass is 300 g/mol. The summed E-state index contributed by atoms with van der Waals surface area (Å²) in [5.74, 6) is 0.309. The van der Waals surface area contributed by atoms with Gasteiger partial charge in [0.25, 0.3) is 5.91 Å². The standard InChI is InChI=1S/C16H13ClN2O2/c1-11-9-12(17)5-6-15(11)16(20)19-13-3-2-4-14(10-13)21-8-7-18/h2-6,9-10H,8H2,1H3,(H,19,20). The summed E-state index contributed by atoms with van der Waals surface area (Å²) in [7, 11) is 0. The Bertz CT molecular complexity index is 708. The molecule has 5 heteroatoms. The molecule has 0 saturated carbocycles. The number of nitriles is 1. The fourth-order valence-electron chi connectivity index (χ4n) is 1.86. The lowest BCUT2D eigenvalue weighted by Gasteiger charge is -2.09. The van der Waals surface area contributed by atoms with Crippen molar-refractivity contribution >= 4 is 23.2 Å². The molecule has 0 atom stereocenters. The van der Waals surface area contributed by atoms with Gasteiger partial charge in [0.15, 0.2) is 6.61 Å². The number of nitrogens with one attached hydrogen (secondary N) is 1. The normalized spacial score (nSPS) is 9.76. The molecular formula is C16H13ClN2O2. The molecule has 106 valence electrons. The minimum absolute atomic E-state index is 0.0340. The first-order chi connectivity index (χ1) is 10.1. The number of halogens is 1. The Hall–Kier alpha value is -2.51. The number of hydrogen-bond acceptors (Lipinski definition) is 3. The Morgan fingerprint density at radius 3 is 2.86 bits per heavy atom. The number of ether oxygens (including phenoxy) is 1. The van der Waals surface area contributed by atoms with Gasteiger partial charge in [0.1, 0.15) is 11.8 Å². The summed E-state index contributed by atoms with van der Waals surface area (Å²) in [5.41, 5.74) is 1.96. The zero-order chi connectivity index (χ0) is 15.2. The molecule has 0 unspecified atom stereocenters. The van der Waals surface area contributed by atoms with E-state index in [4.69, 9.17) is 21.6 Å². The highest BCUT2D eigenvalue weighted by molar-refractivity contribution is 6.30. The lowest BCUT2D eigenvalue weighted by molar-refractivity contribution is 0.102. The van der Waals surface area contributed by atoms with Crippen molar-refractivity contribution in [2.75, 3.05) is 11.9 Å². The number of carbonyl (C=O) groups excluding carboxylic acids is 1. The lowest BCUT2D eigenvalue weighted by Crippen LogP contribution is -2.13. The number of carbonyl (C=O) groups is 1. The Morgan fingerprint density at radius 2 is 2.14 bits per heavy atom. The first-order valence-corrected chi connectivity index (χ1v) is 6.65. The van der Waals surface area contributed by atoms with Crippen LogP contribution in [0.4, 0.5) is 5.69 Å². The predicted octanol–water partition coefficient (Wildman–Crippen LogP) is 3.80. The fourth-order valence-corrected chi connectivity index (χ4v) is 2.09. The van der Waals surface area contributed by atoms with Crippen LogP contribution in [0.3, 0.4) is 0 Å². The Labute approximate surface area is 127 Å². The number of amides is 1. The molecule has 2 aromatic carbocycles. The maximum Gasteiger partial charge on any atom is 0.255 e. The van der Waals surface area contributed by atoms with Crippen molar-refractivity contribution in [2.24, 2.45) is 0 Å². The first-order valence-electron chi connectivity index (χ1n) is 6.27. The van der Waals surface area contributed by atoms with Gasteiger partial charge in [-0.1, -0.05) is 17.7 Å². The molecule has 0 aliphatic heterocycles. The molecule has 0 aliphatic carbocycles. The molecule has 0 aromatic heterocycles. The highest BCUT2D eigenvalue weighted by Gasteiger charge is 2.10. The molecule has 0 spiro atoms. The Morgan fingerprint density at radius 1 is 1.33 bits per heavy atom. The van der Waals surface area contributed by atoms with E-state index in [1.165, 1.54) is 0 Å². The lowest BCUT2D eigenvalue weighted by atomic mass is 10.1. The Balaban J connectivity index is 2.14. The van der Waals surface area contributed by atoms with Gasteiger partial charge in [0.05, 0.1) is 0 Å². The molecule has 0 heterocycles. The maximum atomic E-state index is 12.2. The summed E-state index contributed by atoms with van der Waals surface area (Å²) in [6.45, 7) is 1.79. The van der Waals surface area contributed by atoms with Crippen LogP contribution in [0.1, 0.15) is 15.9 Å². The van der Waals surface area contributed by atoms with Crippen molar-refractivity contribution < 1.29 is 9.53 Å². The molecule has 4 nitrogen and oxygen atoms in total. The van der Waals surface area contributed by atoms with Gasteiger partial charge in [-0.2, -0.15) is 5.26 Å². The van der Waals surface area contributed by atoms with Gasteiger partial charge in [-0.25, -0.2) is 0 Å². The third-order valence-electron chi connectivity index (χ3n) is 2.83. The van der Waals surface area contributed by atoms with Gasteiger partial charge < -0.3 is 10.1 Å². The first kappa shape index (κ1) is 14.9. The van der Waals surface area contributed by atoms with Crippen molar-refractivity contribution in [3.8, 4) is 11.8 Å². The van der Waals surface area contributed by atoms with Crippen LogP contribution in [-0.4, -0.2) is 12.5 Å². The fraction of sp³-hybridized carbons (Fsp3) is 0.125. The largest absolute Gasteiger partial charge is 0.479 e. The van der Waals surface area contributed by atoms with Crippen molar-refractivity contribution in [1.82, 2.24) is 0 Å². The maximum absolute atomic E-state index is 12.2. The average Bonchev–Trinajstić information content (AvgIpc) is 2.45. The minimum atomic E-state index is -0.221. The van der Waals surface area contributed by atoms with Gasteiger partial charge >= 0.3 is 0 Å². The van der Waals surface area contributed by atoms with E-state index in [1.54, 1.807) is 42.5 Å². The second kappa shape index (κ2) is 6.78. The number of rotatable bonds is 4. The summed E-state index contributed by atoms with van der Waals surface area (Å²) in [6.07, 6.45) is 0. The van der Waals surface area contributed by atoms with Gasteiger partial charge in [0, 0.05) is 22.3 Å². The van der Waals surface area contributed by atoms with Crippen LogP contribution >= 0.6 is 11.6 Å². The van der Waals surface area contributed by atoms with E-state index in [0.717, 1.165) is 5.56 Å². The highest BCUT2D eigenvalue weighted by atomic mass is 35.5. The van der Waals surface area contributed by atoms with Gasteiger partial charge in [-0.05, 0) is 42.8 Å². The van der Waals surface area contributed by atoms with Crippen molar-refractivity contribution in [1.29, 1.82) is 5.26 Å². The summed E-state index contributed by atoms with van der Waals surface area (Å²) >= 11 is 5.88. The molecule has 21 heavy (non-hydrogen) atoms. The third kappa shape index (κ3) is 3.98. The average molecular weight is 301 g/mol. The van der Waals surface area contributed by atoms with E-state index in [9.17, 15) is 4.79 Å². The Kier molecular flexibility index (Phi) is 4.81. The van der Waals surface area contributed by atoms with Gasteiger partial charge in [0.2, 0.25) is 0 Å². The van der Waals surface area contributed by atoms with Crippen molar-refractivity contribution in [3.05, 3.63) is 58.6 Å². The van der Waals surface area contributed by atoms with Crippen LogP contribution < -0.4 is 10.1 Å². The minimum Gasteiger partial charge on any atom is -0.479 e. The summed E-state index contributed by atoms with van der Waals surface area (Å²) in [4.78, 5) is 12.2. The second-order valence-electron chi connectivity index (χ2n) is 4.39. The molecule has 2 aromatic rings. The molecule has 0 aliphatic rings. The number of aryl methyl sites for hydroxylation is 1. The smallest absolute Gasteiger partial charge is 0.255 e. The number of nitrogens with zero attached hydrogens (tertiary/aromatic N) is 1. The zero-order valence-corrected chi connectivity index (χ0v) is 12.1. The van der Waals surface area contributed by atoms with Crippen LogP contribution in [0.2, 0.25) is 5.02 Å². The molecule has 0 saturated heterocycles. The molecule has 0 radical (unpaired) electrons. The summed E-state index contributed by atoms with van der Waals surface area (Å²) in [6, 6.07) is 13.9. The highest BCUT2D eigenvalue weighted by Crippen LogP contribution is 2.20. The molecule has 0 fully saturated rings. The van der Waals surface area contributed by atoms with Crippen LogP contribution in [0, 0.1) is 18.3 Å². The summed E-state index contributed by atoms with van der Waals surface area (Å²) < 4.78 is 5.19. The quantitative estimate of drug-likeness (QED) is 0.934. The van der Waals surface area contributed by atoms with Crippen molar-refractivity contribution in [3.63, 3.8) is 0 Å². The van der Waals surface area contributed by atoms with E-state index in [1.807, 2.05) is 13.0 Å². The molecular weight excluding hydrogens is 288 g/mol. The van der Waals surface area contributed by atoms with Crippen LogP contribution in [0.25, 0.3) is 0 Å². The topological polar surface area (TPSA) is 62.1 Å². The zero-order valence-electron chi connectivity index (χ0n) is 11.4. The van der Waals surface area contributed by atoms with Crippen LogP contribution in [-0.2, 0) is 0 Å². The van der Waals surface area contributed by atoms with E-state index >= 15 is 0 Å². The third-order valence-corrected chi connectivity index (χ3v) is 3.06. The molecule has 1 N–H and O–H groups in total. The van der Waals surface area contributed by atoms with E-state index in [2.05, 4.69) is 5.32 Å². The number of hydrogen-bond donors (Lipinski definition) is 1. The van der Waals surface area contributed by atoms with Crippen molar-refractivity contribution in [2.45, 2.75) is 6.92 Å². The van der Waals surface area contributed by atoms with Gasteiger partial charge in [-0.15, -0.1) is 0 Å². The van der Waals surface area contributed by atoms with E-state index in [-0.39, 0.29) is 12.5 Å². The van der Waals surface area contributed by atoms with Gasteiger partial charge in [-0.3, -0.25) is 4.79 Å². The predicted molar refractivity (Wildman–Crippen MR) is 81.7 cm³/mol. The number of anilines is 1. The second-order valence-corrected chi connectivity index (χ2v) is 4.82.